The molecule has 1 aromatic rings. The lowest BCUT2D eigenvalue weighted by Crippen LogP contribution is -1.85. The van der Waals surface area contributed by atoms with Crippen LogP contribution in [0.1, 0.15) is 11.1 Å². The third kappa shape index (κ3) is 0.633. The maximum absolute atomic E-state index is 3.77. The second-order valence-electron chi connectivity index (χ2n) is 2.08. The molecule has 44 valence electrons. The standard InChI is InChI=1S/C7H6N2/c1-2-6-4-8-9-5-7(6)3-1/h1-2,4-5H,3H2. The van der Waals surface area contributed by atoms with Crippen LogP contribution >= 0.6 is 0 Å². The van der Waals surface area contributed by atoms with Crippen molar-refractivity contribution >= 4 is 6.08 Å². The first-order valence-corrected chi connectivity index (χ1v) is 2.93. The zero-order valence-electron chi connectivity index (χ0n) is 4.91. The molecule has 1 heterocycles. The van der Waals surface area contributed by atoms with E-state index in [4.69, 9.17) is 0 Å². The largest absolute Gasteiger partial charge is 0.159 e. The first kappa shape index (κ1) is 4.68. The van der Waals surface area contributed by atoms with E-state index in [0.717, 1.165) is 6.42 Å². The molecule has 0 spiro atoms. The molecule has 0 bridgehead atoms. The van der Waals surface area contributed by atoms with Crippen molar-refractivity contribution in [1.82, 2.24) is 10.2 Å². The van der Waals surface area contributed by atoms with Crippen LogP contribution in [-0.4, -0.2) is 10.2 Å². The van der Waals surface area contributed by atoms with E-state index in [0.29, 0.717) is 0 Å². The molecule has 0 N–H and O–H groups in total. The van der Waals surface area contributed by atoms with Crippen LogP contribution in [0.15, 0.2) is 18.5 Å². The van der Waals surface area contributed by atoms with Crippen LogP contribution in [0.5, 0.6) is 0 Å². The minimum absolute atomic E-state index is 1.02. The van der Waals surface area contributed by atoms with Crippen molar-refractivity contribution in [1.29, 1.82) is 0 Å². The maximum atomic E-state index is 3.77. The summed E-state index contributed by atoms with van der Waals surface area (Å²) >= 11 is 0. The van der Waals surface area contributed by atoms with Gasteiger partial charge in [0, 0.05) is 0 Å². The van der Waals surface area contributed by atoms with Crippen LogP contribution in [0.3, 0.4) is 0 Å². The molecule has 0 amide bonds. The van der Waals surface area contributed by atoms with Crippen LogP contribution in [0.25, 0.3) is 6.08 Å². The zero-order valence-corrected chi connectivity index (χ0v) is 4.91. The average Bonchev–Trinajstić information content (AvgIpc) is 2.33. The molecule has 0 unspecified atom stereocenters. The van der Waals surface area contributed by atoms with Crippen molar-refractivity contribution < 1.29 is 0 Å². The predicted octanol–water partition coefficient (Wildman–Crippen LogP) is 1.05. The molecule has 0 aliphatic heterocycles. The lowest BCUT2D eigenvalue weighted by Gasteiger charge is -1.91. The van der Waals surface area contributed by atoms with Crippen molar-refractivity contribution in [2.75, 3.05) is 0 Å². The highest BCUT2D eigenvalue weighted by molar-refractivity contribution is 5.57. The van der Waals surface area contributed by atoms with Gasteiger partial charge in [0.25, 0.3) is 0 Å². The van der Waals surface area contributed by atoms with Gasteiger partial charge >= 0.3 is 0 Å². The second kappa shape index (κ2) is 1.65. The Balaban J connectivity index is 2.63. The summed E-state index contributed by atoms with van der Waals surface area (Å²) in [5.74, 6) is 0. The summed E-state index contributed by atoms with van der Waals surface area (Å²) in [4.78, 5) is 0. The number of hydrogen-bond donors (Lipinski definition) is 0. The number of fused-ring (bicyclic) bond motifs is 1. The second-order valence-corrected chi connectivity index (χ2v) is 2.08. The molecule has 1 aliphatic rings. The van der Waals surface area contributed by atoms with E-state index in [2.05, 4.69) is 22.3 Å². The smallest absolute Gasteiger partial charge is 0.0571 e. The SMILES string of the molecule is C1=Cc2cnncc2C1. The van der Waals surface area contributed by atoms with Gasteiger partial charge in [0.2, 0.25) is 0 Å². The molecule has 0 saturated heterocycles. The van der Waals surface area contributed by atoms with Gasteiger partial charge in [-0.25, -0.2) is 0 Å². The van der Waals surface area contributed by atoms with Crippen molar-refractivity contribution in [3.8, 4) is 0 Å². The molecular formula is C7H6N2. The van der Waals surface area contributed by atoms with Gasteiger partial charge in [0.1, 0.15) is 0 Å². The van der Waals surface area contributed by atoms with Crippen molar-refractivity contribution in [3.63, 3.8) is 0 Å². The monoisotopic (exact) mass is 118 g/mol. The van der Waals surface area contributed by atoms with Crippen LogP contribution in [0, 0.1) is 0 Å². The molecular weight excluding hydrogens is 112 g/mol. The number of rotatable bonds is 0. The molecule has 0 radical (unpaired) electrons. The Labute approximate surface area is 53.2 Å². The first-order chi connectivity index (χ1) is 4.47. The Kier molecular flexibility index (Phi) is 0.859. The fourth-order valence-corrected chi connectivity index (χ4v) is 0.989. The Hall–Kier alpha value is -1.18. The van der Waals surface area contributed by atoms with Crippen LogP contribution in [0.4, 0.5) is 0 Å². The highest BCUT2D eigenvalue weighted by Gasteiger charge is 2.02. The van der Waals surface area contributed by atoms with E-state index >= 15 is 0 Å². The summed E-state index contributed by atoms with van der Waals surface area (Å²) in [5, 5.41) is 7.52. The Morgan fingerprint density at radius 2 is 2.11 bits per heavy atom. The Bertz CT molecular complexity index is 253. The van der Waals surface area contributed by atoms with E-state index in [1.54, 1.807) is 6.20 Å². The minimum atomic E-state index is 1.02. The minimum Gasteiger partial charge on any atom is -0.159 e. The topological polar surface area (TPSA) is 25.8 Å². The van der Waals surface area contributed by atoms with E-state index in [1.165, 1.54) is 11.1 Å². The van der Waals surface area contributed by atoms with Gasteiger partial charge < -0.3 is 0 Å². The van der Waals surface area contributed by atoms with Crippen LogP contribution in [0.2, 0.25) is 0 Å². The molecule has 0 atom stereocenters. The van der Waals surface area contributed by atoms with Gasteiger partial charge in [-0.2, -0.15) is 10.2 Å². The van der Waals surface area contributed by atoms with Gasteiger partial charge in [-0.1, -0.05) is 12.2 Å². The number of hydrogen-bond acceptors (Lipinski definition) is 2. The molecule has 1 aliphatic carbocycles. The van der Waals surface area contributed by atoms with Crippen LogP contribution < -0.4 is 0 Å². The Morgan fingerprint density at radius 3 is 3.00 bits per heavy atom. The van der Waals surface area contributed by atoms with E-state index in [9.17, 15) is 0 Å². The molecule has 2 heteroatoms. The highest BCUT2D eigenvalue weighted by atomic mass is 15.1. The zero-order chi connectivity index (χ0) is 6.10. The van der Waals surface area contributed by atoms with E-state index < -0.39 is 0 Å². The quantitative estimate of drug-likeness (QED) is 0.508. The average molecular weight is 118 g/mol. The van der Waals surface area contributed by atoms with E-state index in [-0.39, 0.29) is 0 Å². The van der Waals surface area contributed by atoms with Gasteiger partial charge in [-0.3, -0.25) is 0 Å². The Morgan fingerprint density at radius 1 is 1.22 bits per heavy atom. The van der Waals surface area contributed by atoms with Gasteiger partial charge in [0.15, 0.2) is 0 Å². The molecule has 1 aromatic heterocycles. The highest BCUT2D eigenvalue weighted by Crippen LogP contribution is 2.15. The van der Waals surface area contributed by atoms with Crippen molar-refractivity contribution in [2.24, 2.45) is 0 Å². The number of allylic oxidation sites excluding steroid dienone is 1. The van der Waals surface area contributed by atoms with Crippen molar-refractivity contribution in [3.05, 3.63) is 29.6 Å². The van der Waals surface area contributed by atoms with Gasteiger partial charge in [-0.15, -0.1) is 0 Å². The van der Waals surface area contributed by atoms with E-state index in [1.807, 2.05) is 6.20 Å². The fraction of sp³-hybridized carbons (Fsp3) is 0.143. The summed E-state index contributed by atoms with van der Waals surface area (Å²) in [6, 6.07) is 0. The van der Waals surface area contributed by atoms with Gasteiger partial charge in [-0.05, 0) is 17.5 Å². The van der Waals surface area contributed by atoms with Gasteiger partial charge in [0.05, 0.1) is 12.4 Å². The summed E-state index contributed by atoms with van der Waals surface area (Å²) in [5.41, 5.74) is 2.50. The summed E-state index contributed by atoms with van der Waals surface area (Å²) in [6.07, 6.45) is 8.82. The predicted molar refractivity (Wildman–Crippen MR) is 34.8 cm³/mol. The summed E-state index contributed by atoms with van der Waals surface area (Å²) < 4.78 is 0. The summed E-state index contributed by atoms with van der Waals surface area (Å²) in [7, 11) is 0. The lowest BCUT2D eigenvalue weighted by molar-refractivity contribution is 1.00. The third-order valence-corrected chi connectivity index (χ3v) is 1.48. The first-order valence-electron chi connectivity index (χ1n) is 2.93. The third-order valence-electron chi connectivity index (χ3n) is 1.48. The summed E-state index contributed by atoms with van der Waals surface area (Å²) in [6.45, 7) is 0. The van der Waals surface area contributed by atoms with Crippen LogP contribution in [-0.2, 0) is 6.42 Å². The molecule has 0 fully saturated rings. The lowest BCUT2D eigenvalue weighted by atomic mass is 10.2. The molecule has 2 nitrogen and oxygen atoms in total. The molecule has 0 saturated carbocycles. The number of nitrogens with zero attached hydrogens (tertiary/aromatic N) is 2. The number of aromatic nitrogens is 2. The molecule has 9 heavy (non-hydrogen) atoms. The fourth-order valence-electron chi connectivity index (χ4n) is 0.989. The molecule has 0 aromatic carbocycles. The van der Waals surface area contributed by atoms with Crippen molar-refractivity contribution in [2.45, 2.75) is 6.42 Å². The molecule has 2 rings (SSSR count). The maximum Gasteiger partial charge on any atom is 0.0571 e. The normalized spacial score (nSPS) is 13.8.